The van der Waals surface area contributed by atoms with Gasteiger partial charge in [-0.25, -0.2) is 9.78 Å². The highest BCUT2D eigenvalue weighted by Gasteiger charge is 2.25. The maximum atomic E-state index is 11.3. The fourth-order valence-corrected chi connectivity index (χ4v) is 3.20. The fraction of sp³-hybridized carbons (Fsp3) is 0.500. The van der Waals surface area contributed by atoms with Gasteiger partial charge in [0, 0.05) is 18.2 Å². The lowest BCUT2D eigenvalue weighted by Gasteiger charge is -2.34. The zero-order chi connectivity index (χ0) is 15.0. The van der Waals surface area contributed by atoms with Gasteiger partial charge in [0.15, 0.2) is 0 Å². The molecule has 112 valence electrons. The molecule has 3 rings (SSSR count). The van der Waals surface area contributed by atoms with E-state index < -0.39 is 5.97 Å². The smallest absolute Gasteiger partial charge is 0.337 e. The van der Waals surface area contributed by atoms with Crippen LogP contribution < -0.4 is 0 Å². The minimum atomic E-state index is -0.901. The summed E-state index contributed by atoms with van der Waals surface area (Å²) in [5, 5.41) is 9.25. The number of aromatic carboxylic acids is 1. The van der Waals surface area contributed by atoms with Gasteiger partial charge >= 0.3 is 5.97 Å². The van der Waals surface area contributed by atoms with Crippen LogP contribution in [0.5, 0.6) is 0 Å². The second-order valence-corrected chi connectivity index (χ2v) is 6.00. The number of aromatic nitrogens is 2. The van der Waals surface area contributed by atoms with Gasteiger partial charge in [-0.05, 0) is 51.9 Å². The average molecular weight is 287 g/mol. The monoisotopic (exact) mass is 287 g/mol. The molecule has 2 aromatic rings. The number of carbonyl (C=O) groups is 1. The van der Waals surface area contributed by atoms with E-state index >= 15 is 0 Å². The van der Waals surface area contributed by atoms with Crippen molar-refractivity contribution in [3.8, 4) is 0 Å². The SMILES string of the molecule is CC(C)N1CCC(c2ncc3c(C(=O)O)cccn23)CC1. The highest BCUT2D eigenvalue weighted by atomic mass is 16.4. The second kappa shape index (κ2) is 5.48. The fourth-order valence-electron chi connectivity index (χ4n) is 3.20. The molecule has 5 heteroatoms. The van der Waals surface area contributed by atoms with Crippen molar-refractivity contribution in [2.24, 2.45) is 0 Å². The van der Waals surface area contributed by atoms with Crippen LogP contribution in [-0.4, -0.2) is 44.5 Å². The largest absolute Gasteiger partial charge is 0.478 e. The van der Waals surface area contributed by atoms with E-state index in [4.69, 9.17) is 0 Å². The molecular weight excluding hydrogens is 266 g/mol. The molecule has 0 radical (unpaired) electrons. The lowest BCUT2D eigenvalue weighted by atomic mass is 9.95. The van der Waals surface area contributed by atoms with E-state index in [0.29, 0.717) is 23.0 Å². The Labute approximate surface area is 124 Å². The van der Waals surface area contributed by atoms with Gasteiger partial charge < -0.3 is 14.4 Å². The van der Waals surface area contributed by atoms with E-state index in [1.807, 2.05) is 10.6 Å². The molecule has 0 atom stereocenters. The first-order valence-electron chi connectivity index (χ1n) is 7.51. The standard InChI is InChI=1S/C16H21N3O2/c1-11(2)18-8-5-12(6-9-18)15-17-10-14-13(16(20)21)4-3-7-19(14)15/h3-4,7,10-12H,5-6,8-9H2,1-2H3,(H,20,21). The number of rotatable bonds is 3. The molecule has 0 saturated carbocycles. The summed E-state index contributed by atoms with van der Waals surface area (Å²) < 4.78 is 1.94. The van der Waals surface area contributed by atoms with Crippen molar-refractivity contribution in [2.75, 3.05) is 13.1 Å². The molecule has 0 aromatic carbocycles. The van der Waals surface area contributed by atoms with Gasteiger partial charge in [-0.2, -0.15) is 0 Å². The molecule has 0 amide bonds. The normalized spacial score (nSPS) is 17.7. The molecule has 0 aliphatic carbocycles. The van der Waals surface area contributed by atoms with Crippen LogP contribution in [0.4, 0.5) is 0 Å². The third-order valence-electron chi connectivity index (χ3n) is 4.45. The molecule has 1 fully saturated rings. The Balaban J connectivity index is 1.89. The lowest BCUT2D eigenvalue weighted by molar-refractivity contribution is 0.0698. The number of likely N-dealkylation sites (tertiary alicyclic amines) is 1. The van der Waals surface area contributed by atoms with Crippen LogP contribution in [0.1, 0.15) is 48.8 Å². The molecule has 0 unspecified atom stereocenters. The summed E-state index contributed by atoms with van der Waals surface area (Å²) in [5.41, 5.74) is 1.00. The van der Waals surface area contributed by atoms with Gasteiger partial charge in [-0.3, -0.25) is 0 Å². The lowest BCUT2D eigenvalue weighted by Crippen LogP contribution is -2.38. The van der Waals surface area contributed by atoms with Crippen molar-refractivity contribution in [3.63, 3.8) is 0 Å². The molecular formula is C16H21N3O2. The first kappa shape index (κ1) is 14.1. The zero-order valence-corrected chi connectivity index (χ0v) is 12.5. The van der Waals surface area contributed by atoms with E-state index in [0.717, 1.165) is 31.8 Å². The molecule has 0 spiro atoms. The zero-order valence-electron chi connectivity index (χ0n) is 12.5. The third-order valence-corrected chi connectivity index (χ3v) is 4.45. The number of hydrogen-bond acceptors (Lipinski definition) is 3. The van der Waals surface area contributed by atoms with Crippen LogP contribution in [0, 0.1) is 0 Å². The van der Waals surface area contributed by atoms with Crippen LogP contribution in [0.15, 0.2) is 24.5 Å². The van der Waals surface area contributed by atoms with Crippen LogP contribution in [0.25, 0.3) is 5.52 Å². The summed E-state index contributed by atoms with van der Waals surface area (Å²) in [7, 11) is 0. The van der Waals surface area contributed by atoms with Crippen LogP contribution >= 0.6 is 0 Å². The third kappa shape index (κ3) is 2.53. The molecule has 0 bridgehead atoms. The number of fused-ring (bicyclic) bond motifs is 1. The van der Waals surface area contributed by atoms with Crippen molar-refractivity contribution in [2.45, 2.75) is 38.6 Å². The minimum absolute atomic E-state index is 0.316. The van der Waals surface area contributed by atoms with E-state index in [2.05, 4.69) is 23.7 Å². The average Bonchev–Trinajstić information content (AvgIpc) is 2.90. The van der Waals surface area contributed by atoms with Crippen LogP contribution in [0.3, 0.4) is 0 Å². The molecule has 2 aromatic heterocycles. The van der Waals surface area contributed by atoms with Crippen molar-refractivity contribution in [1.29, 1.82) is 0 Å². The van der Waals surface area contributed by atoms with E-state index in [1.54, 1.807) is 18.3 Å². The predicted octanol–water partition coefficient (Wildman–Crippen LogP) is 2.62. The molecule has 1 aliphatic rings. The predicted molar refractivity (Wildman–Crippen MR) is 80.8 cm³/mol. The second-order valence-electron chi connectivity index (χ2n) is 6.00. The van der Waals surface area contributed by atoms with E-state index in [1.165, 1.54) is 0 Å². The number of piperidine rings is 1. The van der Waals surface area contributed by atoms with Crippen LogP contribution in [0.2, 0.25) is 0 Å². The van der Waals surface area contributed by atoms with Crippen molar-refractivity contribution < 1.29 is 9.90 Å². The highest BCUT2D eigenvalue weighted by molar-refractivity contribution is 5.95. The number of carboxylic acids is 1. The van der Waals surface area contributed by atoms with Gasteiger partial charge in [0.25, 0.3) is 0 Å². The summed E-state index contributed by atoms with van der Waals surface area (Å²) in [6, 6.07) is 4.00. The molecule has 1 N–H and O–H groups in total. The first-order chi connectivity index (χ1) is 10.1. The van der Waals surface area contributed by atoms with Gasteiger partial charge in [-0.15, -0.1) is 0 Å². The van der Waals surface area contributed by atoms with Gasteiger partial charge in [-0.1, -0.05) is 0 Å². The first-order valence-corrected chi connectivity index (χ1v) is 7.51. The summed E-state index contributed by atoms with van der Waals surface area (Å²) >= 11 is 0. The van der Waals surface area contributed by atoms with Crippen molar-refractivity contribution in [1.82, 2.24) is 14.3 Å². The quantitative estimate of drug-likeness (QED) is 0.942. The molecule has 5 nitrogen and oxygen atoms in total. The molecule has 3 heterocycles. The van der Waals surface area contributed by atoms with E-state index in [-0.39, 0.29) is 0 Å². The Kier molecular flexibility index (Phi) is 3.68. The number of nitrogens with zero attached hydrogens (tertiary/aromatic N) is 3. The minimum Gasteiger partial charge on any atom is -0.478 e. The molecule has 1 saturated heterocycles. The Morgan fingerprint density at radius 1 is 1.38 bits per heavy atom. The number of pyridine rings is 1. The van der Waals surface area contributed by atoms with Crippen LogP contribution in [-0.2, 0) is 0 Å². The summed E-state index contributed by atoms with van der Waals surface area (Å²) in [6.07, 6.45) is 5.76. The number of imidazole rings is 1. The Morgan fingerprint density at radius 2 is 2.10 bits per heavy atom. The molecule has 21 heavy (non-hydrogen) atoms. The summed E-state index contributed by atoms with van der Waals surface area (Å²) in [6.45, 7) is 6.61. The topological polar surface area (TPSA) is 57.8 Å². The van der Waals surface area contributed by atoms with Gasteiger partial charge in [0.2, 0.25) is 0 Å². The number of carboxylic acid groups (broad SMARTS) is 1. The van der Waals surface area contributed by atoms with Gasteiger partial charge in [0.1, 0.15) is 5.82 Å². The maximum absolute atomic E-state index is 11.3. The van der Waals surface area contributed by atoms with Crippen molar-refractivity contribution in [3.05, 3.63) is 35.9 Å². The van der Waals surface area contributed by atoms with Gasteiger partial charge in [0.05, 0.1) is 17.3 Å². The maximum Gasteiger partial charge on any atom is 0.337 e. The Morgan fingerprint density at radius 3 is 2.71 bits per heavy atom. The van der Waals surface area contributed by atoms with E-state index in [9.17, 15) is 9.90 Å². The Hall–Kier alpha value is -1.88. The van der Waals surface area contributed by atoms with Crippen molar-refractivity contribution >= 4 is 11.5 Å². The highest BCUT2D eigenvalue weighted by Crippen LogP contribution is 2.29. The summed E-state index contributed by atoms with van der Waals surface area (Å²) in [5.74, 6) is 0.504. The number of hydrogen-bond donors (Lipinski definition) is 1. The molecule has 1 aliphatic heterocycles. The Bertz CT molecular complexity index is 655. The summed E-state index contributed by atoms with van der Waals surface area (Å²) in [4.78, 5) is 18.3.